The molecule has 1 aromatic heterocycles. The highest BCUT2D eigenvalue weighted by Crippen LogP contribution is 2.68. The zero-order chi connectivity index (χ0) is 64.6. The van der Waals surface area contributed by atoms with Crippen LogP contribution in [-0.4, -0.2) is 6.10 Å². The summed E-state index contributed by atoms with van der Waals surface area (Å²) in [6, 6.07) is 57.1. The summed E-state index contributed by atoms with van der Waals surface area (Å²) in [5.41, 5.74) is 29.4. The second-order valence-electron chi connectivity index (χ2n) is 31.4. The normalized spacial score (nSPS) is 18.2. The third-order valence-corrected chi connectivity index (χ3v) is 20.8. The Balaban J connectivity index is 1.15. The molecule has 9 aromatic rings. The predicted octanol–water partition coefficient (Wildman–Crippen LogP) is 24.0. The summed E-state index contributed by atoms with van der Waals surface area (Å²) in [6.45, 7) is 36.8. The Kier molecular flexibility index (Phi) is 14.8. The van der Waals surface area contributed by atoms with Crippen molar-refractivity contribution >= 4 is 51.2 Å². The van der Waals surface area contributed by atoms with Crippen molar-refractivity contribution in [2.75, 3.05) is 9.80 Å². The Hall–Kier alpha value is -8.60. The van der Waals surface area contributed by atoms with E-state index in [-0.39, 0.29) is 33.7 Å². The molecule has 0 saturated heterocycles. The third-order valence-electron chi connectivity index (χ3n) is 20.8. The van der Waals surface area contributed by atoms with Crippen molar-refractivity contribution in [3.05, 3.63) is 283 Å². The number of aryl methyl sites for hydroxylation is 5. The van der Waals surface area contributed by atoms with E-state index in [9.17, 15) is 0 Å². The fourth-order valence-electron chi connectivity index (χ4n) is 15.7. The zero-order valence-electron chi connectivity index (χ0n) is 57.4. The SMILES string of the molecule is Cc1ccc(N(c2ccc(C(C)(C)C)cc2)c2cc3c(c4c2C2C=CC=CC2O4)-c2c(cc(N(c4ccc(C(C)(C)C)cc4)c4ccc(C)cc4C)c4oc5c(c24)C=CCC5)C3(C2=CC=C(C(C)(C)C)CC2)c2ccc(Cc3ccc(C(C)(C)C)cc3)cc2)c(C)c1. The lowest BCUT2D eigenvalue weighted by Crippen LogP contribution is -2.31. The van der Waals surface area contributed by atoms with Gasteiger partial charge in [-0.25, -0.2) is 0 Å². The molecule has 0 fully saturated rings. The van der Waals surface area contributed by atoms with Crippen LogP contribution in [-0.2, 0) is 34.5 Å². The maximum Gasteiger partial charge on any atom is 0.159 e. The fourth-order valence-corrected chi connectivity index (χ4v) is 15.7. The summed E-state index contributed by atoms with van der Waals surface area (Å²) >= 11 is 0. The van der Waals surface area contributed by atoms with Crippen LogP contribution >= 0.6 is 0 Å². The van der Waals surface area contributed by atoms with Crippen molar-refractivity contribution in [1.82, 2.24) is 0 Å². The first kappa shape index (κ1) is 60.9. The van der Waals surface area contributed by atoms with Crippen LogP contribution in [0.25, 0.3) is 28.2 Å². The minimum Gasteiger partial charge on any atom is -0.484 e. The van der Waals surface area contributed by atoms with Gasteiger partial charge >= 0.3 is 0 Å². The van der Waals surface area contributed by atoms with Gasteiger partial charge in [-0.2, -0.15) is 0 Å². The summed E-state index contributed by atoms with van der Waals surface area (Å²) in [4.78, 5) is 5.11. The summed E-state index contributed by atoms with van der Waals surface area (Å²) in [5, 5.41) is 1.15. The predicted molar refractivity (Wildman–Crippen MR) is 389 cm³/mol. The van der Waals surface area contributed by atoms with Crippen LogP contribution < -0.4 is 14.5 Å². The maximum atomic E-state index is 7.88. The highest BCUT2D eigenvalue weighted by molar-refractivity contribution is 6.14. The first-order chi connectivity index (χ1) is 43.8. The van der Waals surface area contributed by atoms with E-state index in [4.69, 9.17) is 9.15 Å². The van der Waals surface area contributed by atoms with Crippen molar-refractivity contribution in [1.29, 1.82) is 0 Å². The van der Waals surface area contributed by atoms with E-state index in [1.165, 1.54) is 100 Å². The van der Waals surface area contributed by atoms with Gasteiger partial charge in [0.1, 0.15) is 17.6 Å². The summed E-state index contributed by atoms with van der Waals surface area (Å²) in [5.74, 6) is 1.93. The number of hydrogen-bond acceptors (Lipinski definition) is 4. The van der Waals surface area contributed by atoms with E-state index in [1.807, 2.05) is 0 Å². The maximum absolute atomic E-state index is 7.88. The van der Waals surface area contributed by atoms with Crippen LogP contribution in [0.3, 0.4) is 0 Å². The van der Waals surface area contributed by atoms with Gasteiger partial charge in [-0.15, -0.1) is 0 Å². The fraction of sp³-hybridized carbons (Fsp3) is 0.318. The van der Waals surface area contributed by atoms with Gasteiger partial charge in [0.25, 0.3) is 0 Å². The molecule has 4 heteroatoms. The monoisotopic (exact) mass is 1210 g/mol. The van der Waals surface area contributed by atoms with E-state index in [0.717, 1.165) is 88.7 Å². The molecule has 2 heterocycles. The minimum atomic E-state index is -0.844. The van der Waals surface area contributed by atoms with E-state index < -0.39 is 5.41 Å². The quantitative estimate of drug-likeness (QED) is 0.136. The van der Waals surface area contributed by atoms with Crippen molar-refractivity contribution in [3.8, 4) is 16.9 Å². The summed E-state index contributed by atoms with van der Waals surface area (Å²) in [7, 11) is 0. The highest BCUT2D eigenvalue weighted by atomic mass is 16.5. The molecule has 0 saturated carbocycles. The van der Waals surface area contributed by atoms with Crippen LogP contribution in [0, 0.1) is 33.1 Å². The molecule has 5 aliphatic rings. The number of ether oxygens (including phenoxy) is 1. The Morgan fingerprint density at radius 3 is 1.55 bits per heavy atom. The number of rotatable bonds is 10. The lowest BCUT2D eigenvalue weighted by molar-refractivity contribution is 0.270. The number of furan rings is 1. The number of fused-ring (bicyclic) bond motifs is 11. The smallest absolute Gasteiger partial charge is 0.159 e. The molecule has 4 nitrogen and oxygen atoms in total. The Morgan fingerprint density at radius 1 is 0.500 bits per heavy atom. The van der Waals surface area contributed by atoms with Gasteiger partial charge in [0, 0.05) is 62.7 Å². The molecule has 0 N–H and O–H groups in total. The van der Waals surface area contributed by atoms with Gasteiger partial charge in [0.15, 0.2) is 5.58 Å². The molecular weight excluding hydrogens is 1120 g/mol. The summed E-state index contributed by atoms with van der Waals surface area (Å²) < 4.78 is 15.5. The Morgan fingerprint density at radius 2 is 1.02 bits per heavy atom. The molecule has 466 valence electrons. The van der Waals surface area contributed by atoms with Gasteiger partial charge in [-0.1, -0.05) is 245 Å². The van der Waals surface area contributed by atoms with Gasteiger partial charge in [0.05, 0.1) is 16.8 Å². The third kappa shape index (κ3) is 10.4. The van der Waals surface area contributed by atoms with Crippen molar-refractivity contribution in [3.63, 3.8) is 0 Å². The number of allylic oxidation sites excluding steroid dienone is 7. The number of benzene rings is 8. The Bertz CT molecular complexity index is 4560. The van der Waals surface area contributed by atoms with Crippen LogP contribution in [0.15, 0.2) is 204 Å². The van der Waals surface area contributed by atoms with Gasteiger partial charge in [0.2, 0.25) is 0 Å². The van der Waals surface area contributed by atoms with E-state index in [2.05, 4.69) is 315 Å². The Labute approximate surface area is 548 Å². The second-order valence-corrected chi connectivity index (χ2v) is 31.4. The van der Waals surface area contributed by atoms with Crippen LogP contribution in [0.4, 0.5) is 34.1 Å². The summed E-state index contributed by atoms with van der Waals surface area (Å²) in [6.07, 6.45) is 23.0. The molecule has 3 unspecified atom stereocenters. The molecule has 0 bridgehead atoms. The van der Waals surface area contributed by atoms with Crippen LogP contribution in [0.2, 0.25) is 0 Å². The topological polar surface area (TPSA) is 28.9 Å². The largest absolute Gasteiger partial charge is 0.484 e. The first-order valence-corrected chi connectivity index (χ1v) is 33.9. The molecule has 14 rings (SSSR count). The minimum absolute atomic E-state index is 0.00201. The van der Waals surface area contributed by atoms with E-state index >= 15 is 0 Å². The molecule has 1 aliphatic heterocycles. The lowest BCUT2D eigenvalue weighted by Gasteiger charge is -2.40. The van der Waals surface area contributed by atoms with Gasteiger partial charge < -0.3 is 19.0 Å². The van der Waals surface area contributed by atoms with Crippen LogP contribution in [0.1, 0.15) is 192 Å². The van der Waals surface area contributed by atoms with Crippen LogP contribution in [0.5, 0.6) is 5.75 Å². The molecule has 92 heavy (non-hydrogen) atoms. The van der Waals surface area contributed by atoms with Crippen molar-refractivity contribution in [2.24, 2.45) is 5.41 Å². The molecule has 8 aromatic carbocycles. The van der Waals surface area contributed by atoms with E-state index in [0.29, 0.717) is 0 Å². The molecule has 4 aliphatic carbocycles. The molecule has 0 amide bonds. The molecule has 0 spiro atoms. The number of hydrogen-bond donors (Lipinski definition) is 0. The van der Waals surface area contributed by atoms with Crippen molar-refractivity contribution < 1.29 is 9.15 Å². The molecule has 0 radical (unpaired) electrons. The number of nitrogens with zero attached hydrogens (tertiary/aromatic N) is 2. The standard InChI is InChI=1S/C88H92N2O2/c1-54-25-47-72(56(3)49-54)89(66-43-39-62(40-44-66)86(11,12)13)74-52-71-81(83-78(74)68-21-17-19-23-76(68)92-83)80-70(88(71,65-37-35-61(36-38-65)85(8,9)10)64-33-29-59(30-34-64)51-58-27-31-60(32-28-58)84(5,6)7)53-75(82-79(80)69-22-18-20-24-77(69)91-82)90(73-48-26-55(2)50-57(73)4)67-45-41-63(42-46-67)87(14,15)16/h17-19,21-23,25-35,37,39-50,52-53,68,76H,20,24,36,38,51H2,1-16H3. The van der Waals surface area contributed by atoms with E-state index in [1.54, 1.807) is 0 Å². The zero-order valence-corrected chi connectivity index (χ0v) is 57.4. The number of anilines is 6. The van der Waals surface area contributed by atoms with Gasteiger partial charge in [-0.3, -0.25) is 0 Å². The van der Waals surface area contributed by atoms with Gasteiger partial charge in [-0.05, 0) is 185 Å². The highest BCUT2D eigenvalue weighted by Gasteiger charge is 2.54. The lowest BCUT2D eigenvalue weighted by atomic mass is 9.63. The second kappa shape index (κ2) is 22.3. The first-order valence-electron chi connectivity index (χ1n) is 33.9. The average molecular weight is 1210 g/mol. The van der Waals surface area contributed by atoms with Crippen molar-refractivity contribution in [2.45, 2.75) is 177 Å². The molecular formula is C88H92N2O2. The molecule has 3 atom stereocenters. The average Bonchev–Trinajstić information content (AvgIpc) is 1.49.